The molecule has 0 saturated carbocycles. The number of aryl methyl sites for hydroxylation is 2. The maximum absolute atomic E-state index is 6.03. The van der Waals surface area contributed by atoms with Crippen LogP contribution in [0.2, 0.25) is 0 Å². The van der Waals surface area contributed by atoms with Crippen molar-refractivity contribution in [3.8, 4) is 0 Å². The molecule has 0 bridgehead atoms. The van der Waals surface area contributed by atoms with Crippen molar-refractivity contribution in [2.24, 2.45) is 12.8 Å². The molecule has 0 amide bonds. The summed E-state index contributed by atoms with van der Waals surface area (Å²) in [5, 5.41) is 12.6. The molecule has 1 unspecified atom stereocenters. The van der Waals surface area contributed by atoms with Crippen LogP contribution in [0.1, 0.15) is 42.9 Å². The fraction of sp³-hybridized carbons (Fsp3) is 0.583. The number of aromatic nitrogens is 5. The molecular weight excluding hydrogens is 308 g/mol. The van der Waals surface area contributed by atoms with Crippen molar-refractivity contribution in [2.75, 3.05) is 0 Å². The number of nitrogens with zero attached hydrogens (tertiary/aromatic N) is 5. The van der Waals surface area contributed by atoms with Crippen LogP contribution < -0.4 is 5.73 Å². The van der Waals surface area contributed by atoms with Crippen molar-refractivity contribution in [1.82, 2.24) is 24.8 Å². The van der Waals surface area contributed by atoms with Gasteiger partial charge in [0, 0.05) is 7.05 Å². The van der Waals surface area contributed by atoms with Crippen molar-refractivity contribution in [1.29, 1.82) is 0 Å². The highest BCUT2D eigenvalue weighted by atomic mass is 79.9. The lowest BCUT2D eigenvalue weighted by molar-refractivity contribution is 0.596. The highest BCUT2D eigenvalue weighted by molar-refractivity contribution is 9.10. The molecule has 0 aliphatic heterocycles. The summed E-state index contributed by atoms with van der Waals surface area (Å²) >= 11 is 3.55. The van der Waals surface area contributed by atoms with Crippen LogP contribution in [0.15, 0.2) is 10.7 Å². The molecule has 104 valence electrons. The normalized spacial score (nSPS) is 12.9. The van der Waals surface area contributed by atoms with Crippen molar-refractivity contribution in [3.05, 3.63) is 27.8 Å². The van der Waals surface area contributed by atoms with Crippen LogP contribution in [0.5, 0.6) is 0 Å². The predicted molar refractivity (Wildman–Crippen MR) is 76.6 cm³/mol. The number of nitrogens with two attached hydrogens (primary N) is 1. The van der Waals surface area contributed by atoms with E-state index < -0.39 is 0 Å². The van der Waals surface area contributed by atoms with E-state index in [4.69, 9.17) is 5.73 Å². The minimum atomic E-state index is -0.0320. The van der Waals surface area contributed by atoms with E-state index in [2.05, 4.69) is 38.3 Å². The molecule has 0 aromatic carbocycles. The summed E-state index contributed by atoms with van der Waals surface area (Å²) in [6.45, 7) is 4.71. The van der Waals surface area contributed by atoms with Crippen molar-refractivity contribution >= 4 is 15.9 Å². The van der Waals surface area contributed by atoms with E-state index in [0.717, 1.165) is 34.4 Å². The van der Waals surface area contributed by atoms with Crippen LogP contribution in [0.25, 0.3) is 0 Å². The molecule has 7 heteroatoms. The third kappa shape index (κ3) is 3.03. The van der Waals surface area contributed by atoms with Gasteiger partial charge in [-0.15, -0.1) is 5.10 Å². The first kappa shape index (κ1) is 14.2. The van der Waals surface area contributed by atoms with Crippen LogP contribution in [-0.2, 0) is 13.6 Å². The molecule has 0 saturated heterocycles. The van der Waals surface area contributed by atoms with E-state index in [1.165, 1.54) is 0 Å². The van der Waals surface area contributed by atoms with Gasteiger partial charge in [-0.3, -0.25) is 4.68 Å². The highest BCUT2D eigenvalue weighted by Crippen LogP contribution is 2.21. The fourth-order valence-electron chi connectivity index (χ4n) is 2.02. The standard InChI is InChI=1S/C12H19BrN6/c1-4-5-9(14)10-6-19(17-15-10)7-11-12(13)8(2)16-18(11)3/h6,9H,4-5,7,14H2,1-3H3. The molecule has 2 heterocycles. The quantitative estimate of drug-likeness (QED) is 0.911. The Bertz CT molecular complexity index is 559. The van der Waals surface area contributed by atoms with Crippen LogP contribution in [0.4, 0.5) is 0 Å². The van der Waals surface area contributed by atoms with E-state index >= 15 is 0 Å². The first-order chi connectivity index (χ1) is 9.02. The van der Waals surface area contributed by atoms with Crippen LogP contribution in [0.3, 0.4) is 0 Å². The average Bonchev–Trinajstić information content (AvgIpc) is 2.91. The second-order valence-corrected chi connectivity index (χ2v) is 5.50. The molecule has 0 spiro atoms. The Labute approximate surface area is 121 Å². The second-order valence-electron chi connectivity index (χ2n) is 4.71. The highest BCUT2D eigenvalue weighted by Gasteiger charge is 2.14. The Morgan fingerprint density at radius 3 is 2.79 bits per heavy atom. The molecule has 2 N–H and O–H groups in total. The zero-order valence-electron chi connectivity index (χ0n) is 11.5. The maximum atomic E-state index is 6.03. The molecule has 6 nitrogen and oxygen atoms in total. The third-order valence-corrected chi connectivity index (χ3v) is 4.14. The average molecular weight is 327 g/mol. The summed E-state index contributed by atoms with van der Waals surface area (Å²) in [4.78, 5) is 0. The molecular formula is C12H19BrN6. The molecule has 2 aromatic rings. The Morgan fingerprint density at radius 2 is 2.21 bits per heavy atom. The van der Waals surface area contributed by atoms with Gasteiger partial charge >= 0.3 is 0 Å². The Balaban J connectivity index is 2.16. The topological polar surface area (TPSA) is 74.6 Å². The maximum Gasteiger partial charge on any atom is 0.0994 e. The van der Waals surface area contributed by atoms with Crippen LogP contribution >= 0.6 is 15.9 Å². The monoisotopic (exact) mass is 326 g/mol. The largest absolute Gasteiger partial charge is 0.323 e. The fourth-order valence-corrected chi connectivity index (χ4v) is 2.49. The van der Waals surface area contributed by atoms with Gasteiger partial charge in [-0.05, 0) is 29.3 Å². The van der Waals surface area contributed by atoms with Gasteiger partial charge in [0.2, 0.25) is 0 Å². The van der Waals surface area contributed by atoms with Gasteiger partial charge in [-0.2, -0.15) is 5.10 Å². The number of rotatable bonds is 5. The predicted octanol–water partition coefficient (Wildman–Crippen LogP) is 1.93. The third-order valence-electron chi connectivity index (χ3n) is 3.11. The SMILES string of the molecule is CCCC(N)c1cn(Cc2c(Br)c(C)nn2C)nn1. The van der Waals surface area contributed by atoms with Gasteiger partial charge in [0.05, 0.1) is 40.3 Å². The zero-order valence-corrected chi connectivity index (χ0v) is 13.1. The van der Waals surface area contributed by atoms with E-state index in [0.29, 0.717) is 6.54 Å². The second kappa shape index (κ2) is 5.83. The minimum Gasteiger partial charge on any atom is -0.323 e. The summed E-state index contributed by atoms with van der Waals surface area (Å²) < 4.78 is 4.67. The minimum absolute atomic E-state index is 0.0320. The Kier molecular flexibility index (Phi) is 4.36. The molecule has 0 aliphatic rings. The first-order valence-corrected chi connectivity index (χ1v) is 7.15. The molecule has 19 heavy (non-hydrogen) atoms. The Hall–Kier alpha value is -1.21. The van der Waals surface area contributed by atoms with Gasteiger partial charge in [0.15, 0.2) is 0 Å². The lowest BCUT2D eigenvalue weighted by atomic mass is 10.1. The van der Waals surface area contributed by atoms with Crippen LogP contribution in [0, 0.1) is 6.92 Å². The molecule has 0 fully saturated rings. The summed E-state index contributed by atoms with van der Waals surface area (Å²) in [6.07, 6.45) is 3.88. The lowest BCUT2D eigenvalue weighted by Crippen LogP contribution is -2.10. The summed E-state index contributed by atoms with van der Waals surface area (Å²) in [6, 6.07) is -0.0320. The van der Waals surface area contributed by atoms with E-state index in [1.807, 2.05) is 24.9 Å². The summed E-state index contributed by atoms with van der Waals surface area (Å²) in [5.74, 6) is 0. The van der Waals surface area contributed by atoms with Gasteiger partial charge in [-0.1, -0.05) is 18.6 Å². The molecule has 2 aromatic heterocycles. The summed E-state index contributed by atoms with van der Waals surface area (Å²) in [7, 11) is 1.92. The Morgan fingerprint density at radius 1 is 1.47 bits per heavy atom. The molecule has 2 rings (SSSR count). The van der Waals surface area contributed by atoms with E-state index in [9.17, 15) is 0 Å². The van der Waals surface area contributed by atoms with Gasteiger partial charge in [-0.25, -0.2) is 4.68 Å². The zero-order chi connectivity index (χ0) is 14.0. The molecule has 1 atom stereocenters. The van der Waals surface area contributed by atoms with Crippen molar-refractivity contribution in [3.63, 3.8) is 0 Å². The number of halogens is 1. The van der Waals surface area contributed by atoms with E-state index in [1.54, 1.807) is 4.68 Å². The molecule has 0 aliphatic carbocycles. The van der Waals surface area contributed by atoms with Crippen molar-refractivity contribution < 1.29 is 0 Å². The lowest BCUT2D eigenvalue weighted by Gasteiger charge is -2.05. The number of hydrogen-bond donors (Lipinski definition) is 1. The van der Waals surface area contributed by atoms with Gasteiger partial charge in [0.1, 0.15) is 0 Å². The smallest absolute Gasteiger partial charge is 0.0994 e. The molecule has 0 radical (unpaired) electrons. The summed E-state index contributed by atoms with van der Waals surface area (Å²) in [5.41, 5.74) is 8.92. The van der Waals surface area contributed by atoms with E-state index in [-0.39, 0.29) is 6.04 Å². The first-order valence-electron chi connectivity index (χ1n) is 6.36. The van der Waals surface area contributed by atoms with Crippen LogP contribution in [-0.4, -0.2) is 24.8 Å². The van der Waals surface area contributed by atoms with Crippen molar-refractivity contribution in [2.45, 2.75) is 39.3 Å². The van der Waals surface area contributed by atoms with Gasteiger partial charge < -0.3 is 5.73 Å². The van der Waals surface area contributed by atoms with Gasteiger partial charge in [0.25, 0.3) is 0 Å². The number of hydrogen-bond acceptors (Lipinski definition) is 4.